The molecule has 0 bridgehead atoms. The summed E-state index contributed by atoms with van der Waals surface area (Å²) in [7, 11) is 0. The Labute approximate surface area is 106 Å². The highest BCUT2D eigenvalue weighted by molar-refractivity contribution is 9.11. The molecule has 15 heavy (non-hydrogen) atoms. The number of amidine groups is 1. The van der Waals surface area contributed by atoms with Gasteiger partial charge in [-0.1, -0.05) is 11.8 Å². The summed E-state index contributed by atoms with van der Waals surface area (Å²) in [6.07, 6.45) is 4.67. The molecule has 0 atom stereocenters. The van der Waals surface area contributed by atoms with Gasteiger partial charge in [0.25, 0.3) is 0 Å². The number of rotatable bonds is 3. The largest absolute Gasteiger partial charge is 0.272 e. The predicted octanol–water partition coefficient (Wildman–Crippen LogP) is 2.84. The summed E-state index contributed by atoms with van der Waals surface area (Å²) in [4.78, 5) is 5.57. The van der Waals surface area contributed by atoms with Gasteiger partial charge < -0.3 is 0 Å². The van der Waals surface area contributed by atoms with Crippen LogP contribution in [-0.4, -0.2) is 18.0 Å². The second-order valence-corrected chi connectivity index (χ2v) is 5.93. The van der Waals surface area contributed by atoms with E-state index in [1.165, 1.54) is 16.6 Å². The van der Waals surface area contributed by atoms with Crippen molar-refractivity contribution >= 4 is 44.2 Å². The van der Waals surface area contributed by atoms with E-state index in [-0.39, 0.29) is 0 Å². The lowest BCUT2D eigenvalue weighted by Gasteiger charge is -1.98. The van der Waals surface area contributed by atoms with Gasteiger partial charge in [0.1, 0.15) is 0 Å². The fraction of sp³-hybridized carbons (Fsp3) is 0.333. The Balaban J connectivity index is 2.40. The van der Waals surface area contributed by atoms with Crippen molar-refractivity contribution in [3.05, 3.63) is 20.8 Å². The summed E-state index contributed by atoms with van der Waals surface area (Å²) in [5.74, 6) is 0. The Hall–Kier alpha value is -0.510. The zero-order valence-electron chi connectivity index (χ0n) is 8.16. The lowest BCUT2D eigenvalue weighted by molar-refractivity contribution is 0.983. The number of halogens is 1. The molecule has 0 radical (unpaired) electrons. The molecule has 0 aliphatic carbocycles. The van der Waals surface area contributed by atoms with E-state index in [0.717, 1.165) is 10.2 Å². The summed E-state index contributed by atoms with van der Waals surface area (Å²) in [6, 6.07) is 4.12. The van der Waals surface area contributed by atoms with E-state index in [4.69, 9.17) is 5.26 Å². The zero-order chi connectivity index (χ0) is 11.1. The number of nitrogens with zero attached hydrogens (tertiary/aromatic N) is 2. The van der Waals surface area contributed by atoms with Crippen LogP contribution in [-0.2, 0) is 6.42 Å². The van der Waals surface area contributed by atoms with Crippen molar-refractivity contribution in [3.8, 4) is 6.19 Å². The molecule has 1 heterocycles. The molecule has 0 aliphatic rings. The van der Waals surface area contributed by atoms with E-state index in [2.05, 4.69) is 32.3 Å². The van der Waals surface area contributed by atoms with Crippen LogP contribution in [0.15, 0.2) is 20.9 Å². The molecule has 0 aromatic carbocycles. The number of thiophene rings is 1. The first-order valence-corrected chi connectivity index (χ1v) is 7.07. The number of hydrogen-bond donors (Lipinski definition) is 1. The zero-order valence-corrected chi connectivity index (χ0v) is 11.4. The van der Waals surface area contributed by atoms with Crippen LogP contribution >= 0.6 is 39.0 Å². The summed E-state index contributed by atoms with van der Waals surface area (Å²) >= 11 is 6.58. The third kappa shape index (κ3) is 4.69. The van der Waals surface area contributed by atoms with Crippen LogP contribution in [0.3, 0.4) is 0 Å². The van der Waals surface area contributed by atoms with Crippen LogP contribution < -0.4 is 5.32 Å². The first-order valence-electron chi connectivity index (χ1n) is 4.24. The van der Waals surface area contributed by atoms with Crippen molar-refractivity contribution in [2.75, 3.05) is 12.8 Å². The first-order chi connectivity index (χ1) is 7.26. The quantitative estimate of drug-likeness (QED) is 0.404. The molecule has 0 spiro atoms. The second kappa shape index (κ2) is 6.88. The molecule has 0 saturated carbocycles. The fourth-order valence-electron chi connectivity index (χ4n) is 0.957. The van der Waals surface area contributed by atoms with E-state index >= 15 is 0 Å². The van der Waals surface area contributed by atoms with Gasteiger partial charge in [-0.3, -0.25) is 10.3 Å². The molecule has 1 rings (SSSR count). The summed E-state index contributed by atoms with van der Waals surface area (Å²) in [6.45, 7) is 0.706. The molecule has 0 unspecified atom stereocenters. The molecular formula is C9H10BrN3S2. The topological polar surface area (TPSA) is 48.2 Å². The van der Waals surface area contributed by atoms with Gasteiger partial charge in [0.15, 0.2) is 11.4 Å². The molecular weight excluding hydrogens is 294 g/mol. The number of nitriles is 1. The van der Waals surface area contributed by atoms with Gasteiger partial charge in [-0.05, 0) is 34.3 Å². The Morgan fingerprint density at radius 2 is 2.53 bits per heavy atom. The number of hydrogen-bond acceptors (Lipinski definition) is 4. The van der Waals surface area contributed by atoms with Gasteiger partial charge in [0, 0.05) is 17.8 Å². The van der Waals surface area contributed by atoms with Gasteiger partial charge in [-0.25, -0.2) is 0 Å². The Kier molecular flexibility index (Phi) is 5.76. The summed E-state index contributed by atoms with van der Waals surface area (Å²) in [5.41, 5.74) is 0. The molecule has 3 nitrogen and oxygen atoms in total. The molecule has 1 N–H and O–H groups in total. The molecule has 0 amide bonds. The fourth-order valence-corrected chi connectivity index (χ4v) is 2.80. The van der Waals surface area contributed by atoms with Gasteiger partial charge in [0.05, 0.1) is 3.79 Å². The minimum Gasteiger partial charge on any atom is -0.272 e. The van der Waals surface area contributed by atoms with Crippen molar-refractivity contribution in [2.45, 2.75) is 6.42 Å². The van der Waals surface area contributed by atoms with Crippen LogP contribution in [0.25, 0.3) is 0 Å². The number of thioether (sulfide) groups is 1. The number of nitrogens with one attached hydrogen (secondary N) is 1. The molecule has 0 fully saturated rings. The van der Waals surface area contributed by atoms with Crippen LogP contribution in [0.1, 0.15) is 4.88 Å². The minimum absolute atomic E-state index is 0.674. The van der Waals surface area contributed by atoms with Crippen molar-refractivity contribution in [3.63, 3.8) is 0 Å². The lowest BCUT2D eigenvalue weighted by atomic mass is 10.3. The van der Waals surface area contributed by atoms with E-state index in [9.17, 15) is 0 Å². The van der Waals surface area contributed by atoms with Crippen LogP contribution in [0.2, 0.25) is 0 Å². The van der Waals surface area contributed by atoms with E-state index in [1.54, 1.807) is 11.3 Å². The maximum absolute atomic E-state index is 8.43. The van der Waals surface area contributed by atoms with Crippen LogP contribution in [0.5, 0.6) is 0 Å². The summed E-state index contributed by atoms with van der Waals surface area (Å²) < 4.78 is 1.14. The molecule has 1 aromatic heterocycles. The number of aliphatic imine (C=N–C) groups is 1. The normalized spacial score (nSPS) is 11.1. The van der Waals surface area contributed by atoms with E-state index < -0.39 is 0 Å². The highest BCUT2D eigenvalue weighted by Gasteiger charge is 1.98. The SMILES string of the molecule is CSC(=NCCc1ccc(Br)s1)NC#N. The maximum Gasteiger partial charge on any atom is 0.183 e. The Bertz CT molecular complexity index is 381. The van der Waals surface area contributed by atoms with E-state index in [1.807, 2.05) is 18.5 Å². The predicted molar refractivity (Wildman–Crippen MR) is 70.3 cm³/mol. The third-order valence-electron chi connectivity index (χ3n) is 1.60. The van der Waals surface area contributed by atoms with Gasteiger partial charge in [-0.15, -0.1) is 11.3 Å². The maximum atomic E-state index is 8.43. The average Bonchev–Trinajstić information content (AvgIpc) is 2.63. The second-order valence-electron chi connectivity index (χ2n) is 2.58. The monoisotopic (exact) mass is 303 g/mol. The first kappa shape index (κ1) is 12.6. The average molecular weight is 304 g/mol. The molecule has 0 aliphatic heterocycles. The van der Waals surface area contributed by atoms with Crippen molar-refractivity contribution in [1.29, 1.82) is 5.26 Å². The molecule has 0 saturated heterocycles. The van der Waals surface area contributed by atoms with Crippen molar-refractivity contribution < 1.29 is 0 Å². The van der Waals surface area contributed by atoms with Crippen molar-refractivity contribution in [1.82, 2.24) is 5.32 Å². The van der Waals surface area contributed by atoms with Gasteiger partial charge >= 0.3 is 0 Å². The van der Waals surface area contributed by atoms with Crippen LogP contribution in [0.4, 0.5) is 0 Å². The van der Waals surface area contributed by atoms with Crippen LogP contribution in [0, 0.1) is 11.5 Å². The summed E-state index contributed by atoms with van der Waals surface area (Å²) in [5, 5.41) is 11.6. The van der Waals surface area contributed by atoms with E-state index in [0.29, 0.717) is 11.7 Å². The lowest BCUT2D eigenvalue weighted by Crippen LogP contribution is -2.13. The molecule has 1 aromatic rings. The highest BCUT2D eigenvalue weighted by Crippen LogP contribution is 2.22. The molecule has 6 heteroatoms. The van der Waals surface area contributed by atoms with Crippen molar-refractivity contribution in [2.24, 2.45) is 4.99 Å². The van der Waals surface area contributed by atoms with Gasteiger partial charge in [-0.2, -0.15) is 5.26 Å². The Morgan fingerprint density at radius 1 is 1.73 bits per heavy atom. The standard InChI is InChI=1S/C9H10BrN3S2/c1-14-9(13-6-11)12-5-4-7-2-3-8(10)15-7/h2-3H,4-5H2,1H3,(H,12,13). The third-order valence-corrected chi connectivity index (χ3v) is 3.90. The smallest absolute Gasteiger partial charge is 0.183 e. The minimum atomic E-state index is 0.674. The molecule has 80 valence electrons. The highest BCUT2D eigenvalue weighted by atomic mass is 79.9. The van der Waals surface area contributed by atoms with Gasteiger partial charge in [0.2, 0.25) is 0 Å². The Morgan fingerprint density at radius 3 is 3.07 bits per heavy atom.